The first kappa shape index (κ1) is 30.7. The van der Waals surface area contributed by atoms with Crippen LogP contribution in [0, 0.1) is 6.07 Å². The van der Waals surface area contributed by atoms with Crippen molar-refractivity contribution in [3.63, 3.8) is 0 Å². The minimum Gasteiger partial charge on any atom is -0.433 e. The maximum absolute atomic E-state index is 4.65. The zero-order valence-electron chi connectivity index (χ0n) is 26.6. The summed E-state index contributed by atoms with van der Waals surface area (Å²) in [7, 11) is 0. The molecule has 7 aromatic rings. The second-order valence-corrected chi connectivity index (χ2v) is 12.8. The van der Waals surface area contributed by atoms with Gasteiger partial charge in [0.05, 0.1) is 0 Å². The van der Waals surface area contributed by atoms with Crippen LogP contribution in [0.4, 0.5) is 17.1 Å². The third kappa shape index (κ3) is 4.98. The number of benzene rings is 4. The Labute approximate surface area is 288 Å². The van der Waals surface area contributed by atoms with Gasteiger partial charge in [0.25, 0.3) is 0 Å². The van der Waals surface area contributed by atoms with Gasteiger partial charge in [0.2, 0.25) is 0 Å². The molecule has 233 valence electrons. The summed E-state index contributed by atoms with van der Waals surface area (Å²) < 4.78 is 0. The van der Waals surface area contributed by atoms with Crippen LogP contribution in [-0.2, 0) is 30.9 Å². The van der Waals surface area contributed by atoms with E-state index in [1.165, 1.54) is 39.3 Å². The molecule has 2 aliphatic rings. The van der Waals surface area contributed by atoms with Crippen molar-refractivity contribution in [1.29, 1.82) is 0 Å². The summed E-state index contributed by atoms with van der Waals surface area (Å²) in [5.41, 5.74) is 12.6. The van der Waals surface area contributed by atoms with Crippen molar-refractivity contribution in [2.24, 2.45) is 0 Å². The number of imidazole rings is 1. The molecule has 3 aromatic heterocycles. The number of pyridine rings is 1. The second-order valence-electron chi connectivity index (χ2n) is 12.8. The van der Waals surface area contributed by atoms with E-state index in [1.807, 2.05) is 42.6 Å². The van der Waals surface area contributed by atoms with Crippen LogP contribution in [0.1, 0.15) is 49.9 Å². The van der Waals surface area contributed by atoms with Crippen molar-refractivity contribution in [3.8, 4) is 22.9 Å². The maximum Gasteiger partial charge on any atom is 0.150 e. The van der Waals surface area contributed by atoms with Crippen molar-refractivity contribution >= 4 is 28.1 Å². The Kier molecular flexibility index (Phi) is 7.62. The van der Waals surface area contributed by atoms with Crippen LogP contribution in [-0.4, -0.2) is 19.9 Å². The van der Waals surface area contributed by atoms with E-state index in [0.717, 1.165) is 22.3 Å². The molecular formula is C40H32IrN6-2. The Morgan fingerprint density at radius 3 is 1.94 bits per heavy atom. The van der Waals surface area contributed by atoms with Crippen LogP contribution < -0.4 is 9.88 Å². The molecule has 5 heterocycles. The molecule has 0 N–H and O–H groups in total. The first-order chi connectivity index (χ1) is 22.3. The van der Waals surface area contributed by atoms with Gasteiger partial charge >= 0.3 is 0 Å². The van der Waals surface area contributed by atoms with Crippen molar-refractivity contribution in [1.82, 2.24) is 24.9 Å². The number of hydrogen-bond donors (Lipinski definition) is 0. The van der Waals surface area contributed by atoms with Crippen molar-refractivity contribution in [3.05, 3.63) is 150 Å². The number of fused-ring (bicyclic) bond motifs is 5. The zero-order valence-corrected chi connectivity index (χ0v) is 29.0. The molecule has 2 aliphatic heterocycles. The predicted molar refractivity (Wildman–Crippen MR) is 184 cm³/mol. The van der Waals surface area contributed by atoms with E-state index in [1.54, 1.807) is 18.5 Å². The molecule has 1 radical (unpaired) electrons. The van der Waals surface area contributed by atoms with Gasteiger partial charge in [-0.3, -0.25) is 0 Å². The molecule has 7 heteroatoms. The molecule has 0 fully saturated rings. The molecule has 0 atom stereocenters. The van der Waals surface area contributed by atoms with E-state index in [0.29, 0.717) is 11.6 Å². The minimum atomic E-state index is -0.162. The van der Waals surface area contributed by atoms with Crippen LogP contribution in [0.5, 0.6) is 0 Å². The quantitative estimate of drug-likeness (QED) is 0.163. The molecule has 4 aromatic carbocycles. The average molecular weight is 789 g/mol. The van der Waals surface area contributed by atoms with Gasteiger partial charge in [-0.1, -0.05) is 112 Å². The van der Waals surface area contributed by atoms with E-state index in [2.05, 4.69) is 124 Å². The Morgan fingerprint density at radius 2 is 1.26 bits per heavy atom. The van der Waals surface area contributed by atoms with E-state index < -0.39 is 0 Å². The second kappa shape index (κ2) is 11.7. The number of hydrogen-bond acceptors (Lipinski definition) is 5. The molecule has 6 nitrogen and oxygen atoms in total. The first-order valence-corrected chi connectivity index (χ1v) is 15.5. The van der Waals surface area contributed by atoms with Crippen LogP contribution in [0.15, 0.2) is 122 Å². The van der Waals surface area contributed by atoms with E-state index in [-0.39, 0.29) is 30.9 Å². The fourth-order valence-electron chi connectivity index (χ4n) is 6.86. The Hall–Kier alpha value is -4.97. The Morgan fingerprint density at radius 1 is 0.638 bits per heavy atom. The summed E-state index contributed by atoms with van der Waals surface area (Å²) in [6.45, 7) is 9.33. The van der Waals surface area contributed by atoms with Gasteiger partial charge in [-0.15, -0.1) is 17.7 Å². The smallest absolute Gasteiger partial charge is 0.150 e. The first-order valence-electron chi connectivity index (χ1n) is 15.5. The number of para-hydroxylation sites is 4. The van der Waals surface area contributed by atoms with Gasteiger partial charge in [0.1, 0.15) is 0 Å². The Balaban J connectivity index is 0.000000184. The van der Waals surface area contributed by atoms with Crippen LogP contribution >= 0.6 is 0 Å². The molecule has 0 saturated heterocycles. The van der Waals surface area contributed by atoms with Crippen molar-refractivity contribution in [2.45, 2.75) is 38.5 Å². The molecule has 9 rings (SSSR count). The number of aromatic nitrogens is 5. The van der Waals surface area contributed by atoms with E-state index >= 15 is 0 Å². The molecular weight excluding hydrogens is 757 g/mol. The third-order valence-electron chi connectivity index (χ3n) is 9.24. The minimum absolute atomic E-state index is 0. The van der Waals surface area contributed by atoms with Gasteiger partial charge < -0.3 is 19.9 Å². The predicted octanol–water partition coefficient (Wildman–Crippen LogP) is 8.94. The molecule has 0 saturated carbocycles. The van der Waals surface area contributed by atoms with Gasteiger partial charge in [0.15, 0.2) is 5.82 Å². The fourth-order valence-corrected chi connectivity index (χ4v) is 6.86. The normalized spacial score (nSPS) is 14.5. The molecule has 0 aliphatic carbocycles. The summed E-state index contributed by atoms with van der Waals surface area (Å²) in [5.74, 6) is 1.14. The summed E-state index contributed by atoms with van der Waals surface area (Å²) in [5, 5.41) is 0. The third-order valence-corrected chi connectivity index (χ3v) is 9.24. The van der Waals surface area contributed by atoms with Gasteiger partial charge in [-0.05, 0) is 63.6 Å². The van der Waals surface area contributed by atoms with E-state index in [9.17, 15) is 0 Å². The molecule has 0 amide bonds. The largest absolute Gasteiger partial charge is 0.433 e. The summed E-state index contributed by atoms with van der Waals surface area (Å²) in [4.78, 5) is 24.0. The van der Waals surface area contributed by atoms with Crippen molar-refractivity contribution in [2.75, 3.05) is 4.90 Å². The summed E-state index contributed by atoms with van der Waals surface area (Å²) in [6, 6.07) is 39.4. The number of rotatable bonds is 2. The number of anilines is 3. The molecule has 0 spiro atoms. The van der Waals surface area contributed by atoms with Crippen molar-refractivity contribution < 1.29 is 20.1 Å². The SMILES string of the molecule is CC1(C)c2[c-]c(-c3ccccn3)cc3c2N(c2ccccc21)c1ccccc1C3(C)C.[Ir].c1cnc(-c2nc3ccccc3[n-]2)nc1. The zero-order chi connectivity index (χ0) is 31.5. The maximum atomic E-state index is 4.65. The van der Waals surface area contributed by atoms with Crippen LogP contribution in [0.2, 0.25) is 0 Å². The summed E-state index contributed by atoms with van der Waals surface area (Å²) in [6.07, 6.45) is 5.23. The fraction of sp³-hybridized carbons (Fsp3) is 0.150. The Bertz CT molecular complexity index is 2110. The summed E-state index contributed by atoms with van der Waals surface area (Å²) >= 11 is 0. The average Bonchev–Trinajstić information content (AvgIpc) is 3.54. The molecule has 0 unspecified atom stereocenters. The topological polar surface area (TPSA) is 68.9 Å². The van der Waals surface area contributed by atoms with Gasteiger partial charge in [-0.25, -0.2) is 9.97 Å². The van der Waals surface area contributed by atoms with Crippen LogP contribution in [0.25, 0.3) is 33.9 Å². The van der Waals surface area contributed by atoms with Crippen LogP contribution in [0.3, 0.4) is 0 Å². The number of nitrogens with zero attached hydrogens (tertiary/aromatic N) is 6. The molecule has 0 bridgehead atoms. The molecule has 47 heavy (non-hydrogen) atoms. The monoisotopic (exact) mass is 789 g/mol. The van der Waals surface area contributed by atoms with Gasteiger partial charge in [0, 0.05) is 60.9 Å². The standard InChI is InChI=1S/C29H25N2.C11H7N4.Ir/c1-28(2)20-11-5-7-14-25(20)31-26-15-8-6-12-21(26)29(3,4)23-18-19(17-22(28)27(23)31)24-13-9-10-16-30-24;1-2-5-9-8(4-1)14-11(15-9)10-12-6-3-7-13-10;/h5-17H,1-4H3;1-7H;/q2*-1;. The van der Waals surface area contributed by atoms with Gasteiger partial charge in [-0.2, -0.15) is 0 Å². The van der Waals surface area contributed by atoms with E-state index in [4.69, 9.17) is 0 Å².